The van der Waals surface area contributed by atoms with Gasteiger partial charge >= 0.3 is 18.1 Å². The van der Waals surface area contributed by atoms with Crippen molar-refractivity contribution in [3.05, 3.63) is 62.9 Å². The SMILES string of the molecule is COC(=O)Oc1cccc(C(=O)NCCC(=O)N(CCCN)CCNC(=O)CCn2c(=O)oc3c(OC(=O)OC)cccc3c2=O)c1OC. The number of ether oxygens (including phenoxy) is 5. The molecule has 49 heavy (non-hydrogen) atoms. The van der Waals surface area contributed by atoms with E-state index in [9.17, 15) is 33.6 Å². The molecule has 0 aliphatic rings. The second-order valence-electron chi connectivity index (χ2n) is 10.0. The molecule has 3 aromatic rings. The molecule has 0 bridgehead atoms. The van der Waals surface area contributed by atoms with Gasteiger partial charge in [-0.05, 0) is 37.2 Å². The third-order valence-electron chi connectivity index (χ3n) is 6.89. The zero-order valence-electron chi connectivity index (χ0n) is 27.1. The van der Waals surface area contributed by atoms with Crippen LogP contribution in [0.5, 0.6) is 17.2 Å². The van der Waals surface area contributed by atoms with E-state index in [4.69, 9.17) is 24.4 Å². The second-order valence-corrected chi connectivity index (χ2v) is 10.0. The first-order chi connectivity index (χ1) is 23.5. The van der Waals surface area contributed by atoms with Gasteiger partial charge in [-0.3, -0.25) is 19.2 Å². The Kier molecular flexibility index (Phi) is 14.1. The van der Waals surface area contributed by atoms with E-state index in [1.807, 2.05) is 0 Å². The number of hydrogen-bond donors (Lipinski definition) is 3. The Hall–Kier alpha value is -5.91. The number of nitrogens with one attached hydrogen (secondary N) is 2. The van der Waals surface area contributed by atoms with E-state index in [1.165, 1.54) is 48.4 Å². The minimum atomic E-state index is -1.07. The third kappa shape index (κ3) is 10.3. The number of rotatable bonds is 16. The van der Waals surface area contributed by atoms with Crippen molar-refractivity contribution in [1.29, 1.82) is 0 Å². The van der Waals surface area contributed by atoms with Gasteiger partial charge in [-0.2, -0.15) is 0 Å². The highest BCUT2D eigenvalue weighted by Crippen LogP contribution is 2.31. The summed E-state index contributed by atoms with van der Waals surface area (Å²) >= 11 is 0. The number of fused-ring (bicyclic) bond motifs is 1. The first kappa shape index (κ1) is 37.5. The van der Waals surface area contributed by atoms with E-state index in [0.717, 1.165) is 18.8 Å². The summed E-state index contributed by atoms with van der Waals surface area (Å²) in [5.74, 6) is -2.65. The molecule has 18 heteroatoms. The minimum Gasteiger partial charge on any atom is -0.492 e. The molecular weight excluding hydrogens is 650 g/mol. The van der Waals surface area contributed by atoms with Crippen molar-refractivity contribution in [1.82, 2.24) is 20.1 Å². The van der Waals surface area contributed by atoms with Crippen molar-refractivity contribution in [3.63, 3.8) is 0 Å². The fraction of sp³-hybridized carbons (Fsp3) is 0.387. The lowest BCUT2D eigenvalue weighted by molar-refractivity contribution is -0.131. The smallest absolute Gasteiger partial charge is 0.492 e. The maximum atomic E-state index is 13.0. The molecule has 3 amide bonds. The van der Waals surface area contributed by atoms with Gasteiger partial charge in [0.2, 0.25) is 11.8 Å². The van der Waals surface area contributed by atoms with Gasteiger partial charge in [-0.1, -0.05) is 12.1 Å². The van der Waals surface area contributed by atoms with Crippen LogP contribution >= 0.6 is 0 Å². The fourth-order valence-electron chi connectivity index (χ4n) is 4.49. The average molecular weight is 688 g/mol. The number of methoxy groups -OCH3 is 3. The van der Waals surface area contributed by atoms with Crippen molar-refractivity contribution < 1.29 is 52.1 Å². The number of carbonyl (C=O) groups is 5. The lowest BCUT2D eigenvalue weighted by Gasteiger charge is -2.23. The number of aromatic nitrogens is 1. The summed E-state index contributed by atoms with van der Waals surface area (Å²) in [5.41, 5.74) is 4.70. The Morgan fingerprint density at radius 1 is 0.857 bits per heavy atom. The lowest BCUT2D eigenvalue weighted by Crippen LogP contribution is -2.41. The van der Waals surface area contributed by atoms with Crippen molar-refractivity contribution in [2.45, 2.75) is 25.8 Å². The van der Waals surface area contributed by atoms with Crippen LogP contribution in [0.2, 0.25) is 0 Å². The monoisotopic (exact) mass is 687 g/mol. The summed E-state index contributed by atoms with van der Waals surface area (Å²) < 4.78 is 30.0. The van der Waals surface area contributed by atoms with Crippen LogP contribution < -0.4 is 41.9 Å². The molecule has 0 atom stereocenters. The molecule has 0 saturated heterocycles. The maximum Gasteiger partial charge on any atom is 0.513 e. The van der Waals surface area contributed by atoms with E-state index in [2.05, 4.69) is 20.1 Å². The van der Waals surface area contributed by atoms with Crippen molar-refractivity contribution in [2.75, 3.05) is 54.1 Å². The van der Waals surface area contributed by atoms with Crippen molar-refractivity contribution in [2.24, 2.45) is 5.73 Å². The largest absolute Gasteiger partial charge is 0.513 e. The normalized spacial score (nSPS) is 10.5. The highest BCUT2D eigenvalue weighted by Gasteiger charge is 2.21. The third-order valence-corrected chi connectivity index (χ3v) is 6.89. The van der Waals surface area contributed by atoms with Crippen LogP contribution in [0.15, 0.2) is 50.4 Å². The van der Waals surface area contributed by atoms with Crippen LogP contribution in [0.25, 0.3) is 11.0 Å². The van der Waals surface area contributed by atoms with Crippen LogP contribution in [-0.2, 0) is 25.6 Å². The molecule has 3 rings (SSSR count). The topological polar surface area (TPSA) is 237 Å². The molecule has 1 aromatic heterocycles. The minimum absolute atomic E-state index is 0.00257. The van der Waals surface area contributed by atoms with Crippen LogP contribution in [0, 0.1) is 0 Å². The molecule has 0 radical (unpaired) electrons. The number of nitrogens with zero attached hydrogens (tertiary/aromatic N) is 2. The molecule has 2 aromatic carbocycles. The van der Waals surface area contributed by atoms with Crippen molar-refractivity contribution >= 4 is 41.0 Å². The molecule has 1 heterocycles. The van der Waals surface area contributed by atoms with E-state index in [1.54, 1.807) is 0 Å². The quantitative estimate of drug-likeness (QED) is 0.139. The number of nitrogens with two attached hydrogens (primary N) is 1. The molecule has 0 unspecified atom stereocenters. The highest BCUT2D eigenvalue weighted by atomic mass is 16.7. The summed E-state index contributed by atoms with van der Waals surface area (Å²) in [7, 11) is 3.53. The van der Waals surface area contributed by atoms with Gasteiger partial charge in [0.25, 0.3) is 11.5 Å². The van der Waals surface area contributed by atoms with Gasteiger partial charge in [-0.25, -0.2) is 19.0 Å². The first-order valence-corrected chi connectivity index (χ1v) is 14.9. The molecule has 0 aliphatic carbocycles. The molecule has 0 aliphatic heterocycles. The van der Waals surface area contributed by atoms with Crippen LogP contribution in [0.1, 0.15) is 29.6 Å². The maximum absolute atomic E-state index is 13.0. The summed E-state index contributed by atoms with van der Waals surface area (Å²) in [6.45, 7) is 0.462. The Morgan fingerprint density at radius 2 is 1.53 bits per heavy atom. The van der Waals surface area contributed by atoms with Crippen LogP contribution in [0.4, 0.5) is 9.59 Å². The molecule has 264 valence electrons. The highest BCUT2D eigenvalue weighted by molar-refractivity contribution is 5.98. The second kappa shape index (κ2) is 18.4. The van der Waals surface area contributed by atoms with E-state index >= 15 is 0 Å². The number of hydrogen-bond acceptors (Lipinski definition) is 14. The molecule has 0 saturated carbocycles. The van der Waals surface area contributed by atoms with Crippen LogP contribution in [-0.4, -0.2) is 93.6 Å². The number of benzene rings is 2. The molecule has 18 nitrogen and oxygen atoms in total. The Balaban J connectivity index is 1.54. The van der Waals surface area contributed by atoms with Crippen LogP contribution in [0.3, 0.4) is 0 Å². The molecule has 0 fully saturated rings. The Bertz CT molecular complexity index is 1790. The average Bonchev–Trinajstić information content (AvgIpc) is 3.09. The van der Waals surface area contributed by atoms with Gasteiger partial charge < -0.3 is 49.4 Å². The van der Waals surface area contributed by atoms with Gasteiger partial charge in [0.1, 0.15) is 0 Å². The zero-order chi connectivity index (χ0) is 35.9. The van der Waals surface area contributed by atoms with Gasteiger partial charge in [-0.15, -0.1) is 0 Å². The van der Waals surface area contributed by atoms with Gasteiger partial charge in [0, 0.05) is 45.6 Å². The summed E-state index contributed by atoms with van der Waals surface area (Å²) in [6.07, 6.45) is -1.90. The number of amides is 3. The first-order valence-electron chi connectivity index (χ1n) is 14.9. The predicted molar refractivity (Wildman–Crippen MR) is 171 cm³/mol. The molecule has 4 N–H and O–H groups in total. The lowest BCUT2D eigenvalue weighted by atomic mass is 10.1. The zero-order valence-corrected chi connectivity index (χ0v) is 27.1. The van der Waals surface area contributed by atoms with E-state index < -0.39 is 35.4 Å². The summed E-state index contributed by atoms with van der Waals surface area (Å²) in [5, 5.41) is 5.23. The number of para-hydroxylation sites is 2. The van der Waals surface area contributed by atoms with Gasteiger partial charge in [0.05, 0.1) is 32.3 Å². The van der Waals surface area contributed by atoms with Gasteiger partial charge in [0.15, 0.2) is 22.8 Å². The fourth-order valence-corrected chi connectivity index (χ4v) is 4.49. The summed E-state index contributed by atoms with van der Waals surface area (Å²) in [4.78, 5) is 88.3. The molecule has 0 spiro atoms. The van der Waals surface area contributed by atoms with E-state index in [-0.39, 0.29) is 78.7 Å². The Labute approximate surface area is 279 Å². The predicted octanol–water partition coefficient (Wildman–Crippen LogP) is 0.758. The van der Waals surface area contributed by atoms with Crippen molar-refractivity contribution in [3.8, 4) is 17.2 Å². The molecular formula is C31H37N5O13. The van der Waals surface area contributed by atoms with E-state index in [0.29, 0.717) is 19.5 Å². The summed E-state index contributed by atoms with van der Waals surface area (Å²) in [6, 6.07) is 8.48. The standard InChI is InChI=1S/C31H37N5O13/c1-44-25-19(7-4-9-21(25)47-30(42)45-2)27(39)34-14-11-24(38)35(16-6-13-32)18-15-33-23(37)12-17-36-28(40)20-8-5-10-22(48-31(43)46-3)26(20)49-29(36)41/h4-5,7-10H,6,11-18,32H2,1-3H3,(H,33,37)(H,34,39). The Morgan fingerprint density at radius 3 is 2.20 bits per heavy atom. The number of carbonyl (C=O) groups excluding carboxylic acids is 5.